The van der Waals surface area contributed by atoms with Gasteiger partial charge in [-0.3, -0.25) is 9.59 Å². The van der Waals surface area contributed by atoms with Crippen LogP contribution >= 0.6 is 11.6 Å². The van der Waals surface area contributed by atoms with Crippen molar-refractivity contribution < 1.29 is 19.1 Å². The monoisotopic (exact) mass is 340 g/mol. The van der Waals surface area contributed by atoms with E-state index < -0.39 is 5.97 Å². The van der Waals surface area contributed by atoms with Crippen molar-refractivity contribution in [2.24, 2.45) is 0 Å². The molecule has 0 spiro atoms. The molecule has 0 aliphatic heterocycles. The summed E-state index contributed by atoms with van der Waals surface area (Å²) in [6.07, 6.45) is 3.64. The fraction of sp³-hybridized carbons (Fsp3) is 0.556. The van der Waals surface area contributed by atoms with Gasteiger partial charge in [0, 0.05) is 5.02 Å². The summed E-state index contributed by atoms with van der Waals surface area (Å²) in [5.74, 6) is -0.368. The molecule has 0 atom stereocenters. The van der Waals surface area contributed by atoms with Gasteiger partial charge in [0.05, 0.1) is 12.8 Å². The summed E-state index contributed by atoms with van der Waals surface area (Å²) in [6, 6.07) is 5.00. The molecule has 0 aliphatic rings. The van der Waals surface area contributed by atoms with Crippen LogP contribution in [0.5, 0.6) is 5.75 Å². The van der Waals surface area contributed by atoms with Crippen LogP contribution < -0.4 is 4.74 Å². The number of ether oxygens (including phenoxy) is 2. The molecule has 0 aliphatic carbocycles. The largest absolute Gasteiger partial charge is 0.462 e. The number of hydrogen-bond donors (Lipinski definition) is 0. The highest BCUT2D eigenvalue weighted by Gasteiger charge is 2.15. The minimum atomic E-state index is -0.453. The van der Waals surface area contributed by atoms with Crippen LogP contribution in [-0.2, 0) is 14.3 Å². The highest BCUT2D eigenvalue weighted by molar-refractivity contribution is 6.31. The fourth-order valence-corrected chi connectivity index (χ4v) is 2.34. The number of aryl methyl sites for hydroxylation is 1. The molecule has 0 aromatic heterocycles. The van der Waals surface area contributed by atoms with E-state index >= 15 is 0 Å². The van der Waals surface area contributed by atoms with Crippen LogP contribution in [0.2, 0.25) is 5.02 Å². The number of carbonyl (C=O) groups is 2. The van der Waals surface area contributed by atoms with Crippen molar-refractivity contribution in [1.82, 2.24) is 0 Å². The Bertz CT molecular complexity index is 522. The molecule has 23 heavy (non-hydrogen) atoms. The normalized spacial score (nSPS) is 10.7. The van der Waals surface area contributed by atoms with Gasteiger partial charge in [-0.2, -0.15) is 0 Å². The molecule has 5 heteroatoms. The van der Waals surface area contributed by atoms with E-state index in [0.29, 0.717) is 10.8 Å². The lowest BCUT2D eigenvalue weighted by molar-refractivity contribution is -0.152. The molecule has 0 fully saturated rings. The lowest BCUT2D eigenvalue weighted by atomic mass is 10.1. The van der Waals surface area contributed by atoms with Crippen LogP contribution in [0.25, 0.3) is 0 Å². The summed E-state index contributed by atoms with van der Waals surface area (Å²) >= 11 is 5.92. The quantitative estimate of drug-likeness (QED) is 0.476. The molecule has 0 amide bonds. The average molecular weight is 341 g/mol. The lowest BCUT2D eigenvalue weighted by Gasteiger charge is -2.16. The summed E-state index contributed by atoms with van der Waals surface area (Å²) in [5.41, 5.74) is 0.832. The summed E-state index contributed by atoms with van der Waals surface area (Å²) in [7, 11) is 0. The third-order valence-electron chi connectivity index (χ3n) is 3.41. The first-order chi connectivity index (χ1) is 11.0. The Labute approximate surface area is 143 Å². The smallest absolute Gasteiger partial charge is 0.311 e. The van der Waals surface area contributed by atoms with E-state index in [2.05, 4.69) is 13.8 Å². The van der Waals surface area contributed by atoms with Crippen molar-refractivity contribution in [1.29, 1.82) is 0 Å². The molecule has 1 aromatic rings. The molecule has 128 valence electrons. The van der Waals surface area contributed by atoms with E-state index in [0.717, 1.165) is 31.2 Å². The van der Waals surface area contributed by atoms with Gasteiger partial charge in [-0.05, 0) is 43.5 Å². The predicted octanol–water partition coefficient (Wildman–Crippen LogP) is 4.85. The van der Waals surface area contributed by atoms with E-state index in [1.165, 1.54) is 0 Å². The van der Waals surface area contributed by atoms with Crippen molar-refractivity contribution >= 4 is 23.5 Å². The number of carbonyl (C=O) groups excluding carboxylic acids is 2. The number of rotatable bonds is 9. The van der Waals surface area contributed by atoms with E-state index in [1.807, 2.05) is 6.92 Å². The second-order valence-electron chi connectivity index (χ2n) is 5.57. The SMILES string of the molecule is CCCC(CCC)OC(=O)CCC(=O)Oc1ccc(Cl)c(C)c1. The van der Waals surface area contributed by atoms with E-state index in [1.54, 1.807) is 18.2 Å². The molecule has 0 saturated carbocycles. The Hall–Kier alpha value is -1.55. The third-order valence-corrected chi connectivity index (χ3v) is 3.84. The topological polar surface area (TPSA) is 52.6 Å². The van der Waals surface area contributed by atoms with Crippen LogP contribution in [0.4, 0.5) is 0 Å². The Balaban J connectivity index is 2.39. The zero-order valence-electron chi connectivity index (χ0n) is 14.1. The van der Waals surface area contributed by atoms with Crippen molar-refractivity contribution in [3.05, 3.63) is 28.8 Å². The zero-order valence-corrected chi connectivity index (χ0v) is 14.8. The average Bonchev–Trinajstić information content (AvgIpc) is 2.49. The fourth-order valence-electron chi connectivity index (χ4n) is 2.22. The van der Waals surface area contributed by atoms with Crippen LogP contribution in [0.1, 0.15) is 57.9 Å². The minimum Gasteiger partial charge on any atom is -0.462 e. The zero-order chi connectivity index (χ0) is 17.2. The molecular formula is C18H25ClO4. The van der Waals surface area contributed by atoms with Gasteiger partial charge in [0.1, 0.15) is 11.9 Å². The molecule has 0 N–H and O–H groups in total. The maximum Gasteiger partial charge on any atom is 0.311 e. The molecule has 1 rings (SSSR count). The van der Waals surface area contributed by atoms with Crippen LogP contribution in [0.3, 0.4) is 0 Å². The Morgan fingerprint density at radius 1 is 1.09 bits per heavy atom. The van der Waals surface area contributed by atoms with Crippen LogP contribution in [0.15, 0.2) is 18.2 Å². The first-order valence-corrected chi connectivity index (χ1v) is 8.50. The summed E-state index contributed by atoms with van der Waals surface area (Å²) in [6.45, 7) is 5.95. The highest BCUT2D eigenvalue weighted by Crippen LogP contribution is 2.21. The van der Waals surface area contributed by atoms with E-state index in [-0.39, 0.29) is 24.9 Å². The maximum absolute atomic E-state index is 11.8. The van der Waals surface area contributed by atoms with Crippen molar-refractivity contribution in [2.45, 2.75) is 65.4 Å². The van der Waals surface area contributed by atoms with E-state index in [9.17, 15) is 9.59 Å². The van der Waals surface area contributed by atoms with Gasteiger partial charge < -0.3 is 9.47 Å². The second-order valence-corrected chi connectivity index (χ2v) is 5.98. The first-order valence-electron chi connectivity index (χ1n) is 8.12. The number of esters is 2. The molecular weight excluding hydrogens is 316 g/mol. The molecule has 0 heterocycles. The Morgan fingerprint density at radius 2 is 1.70 bits per heavy atom. The van der Waals surface area contributed by atoms with Gasteiger partial charge in [-0.15, -0.1) is 0 Å². The first kappa shape index (κ1) is 19.5. The maximum atomic E-state index is 11.8. The Kier molecular flexibility index (Phi) is 8.70. The number of halogens is 1. The number of hydrogen-bond acceptors (Lipinski definition) is 4. The summed E-state index contributed by atoms with van der Waals surface area (Å²) < 4.78 is 10.6. The highest BCUT2D eigenvalue weighted by atomic mass is 35.5. The molecule has 1 aromatic carbocycles. The second kappa shape index (κ2) is 10.3. The lowest BCUT2D eigenvalue weighted by Crippen LogP contribution is -2.19. The van der Waals surface area contributed by atoms with Crippen molar-refractivity contribution in [3.8, 4) is 5.75 Å². The molecule has 0 saturated heterocycles. The molecule has 4 nitrogen and oxygen atoms in total. The summed E-state index contributed by atoms with van der Waals surface area (Å²) in [4.78, 5) is 23.6. The van der Waals surface area contributed by atoms with Gasteiger partial charge in [0.2, 0.25) is 0 Å². The van der Waals surface area contributed by atoms with Gasteiger partial charge in [-0.25, -0.2) is 0 Å². The van der Waals surface area contributed by atoms with Crippen molar-refractivity contribution in [3.63, 3.8) is 0 Å². The third kappa shape index (κ3) is 7.51. The number of benzene rings is 1. The van der Waals surface area contributed by atoms with Gasteiger partial charge in [0.25, 0.3) is 0 Å². The molecule has 0 bridgehead atoms. The minimum absolute atomic E-state index is 0.00543. The van der Waals surface area contributed by atoms with Gasteiger partial charge in [-0.1, -0.05) is 38.3 Å². The van der Waals surface area contributed by atoms with E-state index in [4.69, 9.17) is 21.1 Å². The molecule has 0 unspecified atom stereocenters. The Morgan fingerprint density at radius 3 is 2.26 bits per heavy atom. The van der Waals surface area contributed by atoms with Crippen LogP contribution in [0, 0.1) is 6.92 Å². The van der Waals surface area contributed by atoms with Gasteiger partial charge in [0.15, 0.2) is 0 Å². The van der Waals surface area contributed by atoms with Gasteiger partial charge >= 0.3 is 11.9 Å². The summed E-state index contributed by atoms with van der Waals surface area (Å²) in [5, 5.41) is 0.617. The van der Waals surface area contributed by atoms with Crippen LogP contribution in [-0.4, -0.2) is 18.0 Å². The van der Waals surface area contributed by atoms with Crippen molar-refractivity contribution in [2.75, 3.05) is 0 Å². The molecule has 0 radical (unpaired) electrons. The standard InChI is InChI=1S/C18H25ClO4/c1-4-6-14(7-5-2)22-17(20)10-11-18(21)23-15-8-9-16(19)13(3)12-15/h8-9,12,14H,4-7,10-11H2,1-3H3. The predicted molar refractivity (Wildman–Crippen MR) is 90.8 cm³/mol.